The monoisotopic (exact) mass is 1880 g/mol. The fraction of sp³-hybridized carbons (Fsp3) is 0.0769. The molecule has 0 saturated heterocycles. The maximum atomic E-state index is 9.76. The van der Waals surface area contributed by atoms with E-state index in [0.29, 0.717) is 33.8 Å². The first-order valence-electron chi connectivity index (χ1n) is 47.8. The molecule has 690 valence electrons. The minimum Gasteiger partial charge on any atom is -0.466 e. The SMILES string of the molecule is Cc1cc(-c2ccccc2)c2c(oc3cccc(C#N)c32)c1-c1cccc[n+]1C.Cc1ccc2c(oc3cccc(C#N)c32)c1-c1cc(-c2ccccc2)cc[n+]1C.[C-]#[N+]c1ccc2c(c1)oc1c(-c3cc(-c4ccccc4)cc[n+]3C)c(C)ccc12.[C-]#[N+]c1ccc2oc3c(-c4cc(-c5ccccc5)cc[n+]4C)c(C)ccc3c2c1.[C-]#[N+]c1cccc2c1oc1c(-c3cc(-c4ccccc4)cc[n+]3C)c(C)ccc12. The van der Waals surface area contributed by atoms with Crippen LogP contribution < -0.4 is 22.8 Å². The van der Waals surface area contributed by atoms with Crippen molar-refractivity contribution in [2.75, 3.05) is 0 Å². The van der Waals surface area contributed by atoms with Gasteiger partial charge in [0.2, 0.25) is 34.2 Å². The predicted octanol–water partition coefficient (Wildman–Crippen LogP) is 31.7. The van der Waals surface area contributed by atoms with E-state index in [1.807, 2.05) is 154 Å². The summed E-state index contributed by atoms with van der Waals surface area (Å²) in [4.78, 5) is 10.7. The minimum absolute atomic E-state index is 0.546. The topological polar surface area (TPSA) is 146 Å². The number of rotatable bonds is 10. The molecule has 15 nitrogen and oxygen atoms in total. The molecule has 0 aliphatic rings. The Bertz CT molecular complexity index is 9480. The van der Waals surface area contributed by atoms with Gasteiger partial charge in [-0.05, 0) is 173 Å². The van der Waals surface area contributed by atoms with Crippen molar-refractivity contribution >= 4 is 127 Å². The van der Waals surface area contributed by atoms with Gasteiger partial charge in [-0.3, -0.25) is 0 Å². The van der Waals surface area contributed by atoms with Gasteiger partial charge in [-0.2, -0.15) is 10.5 Å². The summed E-state index contributed by atoms with van der Waals surface area (Å²) >= 11 is 0. The van der Waals surface area contributed by atoms with Crippen LogP contribution in [0.3, 0.4) is 0 Å². The summed E-state index contributed by atoms with van der Waals surface area (Å²) in [6.45, 7) is 32.6. The summed E-state index contributed by atoms with van der Waals surface area (Å²) in [6.07, 6.45) is 10.4. The van der Waals surface area contributed by atoms with Gasteiger partial charge in [0.1, 0.15) is 91.1 Å². The first-order valence-corrected chi connectivity index (χ1v) is 47.8. The third kappa shape index (κ3) is 17.2. The van der Waals surface area contributed by atoms with Gasteiger partial charge < -0.3 is 22.1 Å². The van der Waals surface area contributed by atoms with Crippen molar-refractivity contribution in [3.63, 3.8) is 0 Å². The first kappa shape index (κ1) is 91.9. The van der Waals surface area contributed by atoms with Crippen LogP contribution in [0.1, 0.15) is 38.9 Å². The molecule has 0 radical (unpaired) electrons. The molecule has 0 amide bonds. The highest BCUT2D eigenvalue weighted by atomic mass is 16.3. The summed E-state index contributed by atoms with van der Waals surface area (Å²) in [6, 6.07) is 127. The number of pyridine rings is 5. The molecule has 25 rings (SSSR count). The molecule has 0 aliphatic carbocycles. The van der Waals surface area contributed by atoms with Crippen LogP contribution in [0.25, 0.3) is 236 Å². The summed E-state index contributed by atoms with van der Waals surface area (Å²) < 4.78 is 42.2. The zero-order valence-electron chi connectivity index (χ0n) is 81.5. The van der Waals surface area contributed by atoms with Crippen molar-refractivity contribution in [1.29, 1.82) is 10.5 Å². The molecule has 145 heavy (non-hydrogen) atoms. The van der Waals surface area contributed by atoms with E-state index in [1.54, 1.807) is 12.1 Å². The lowest BCUT2D eigenvalue weighted by atomic mass is 9.91. The molecule has 0 spiro atoms. The molecule has 15 heteroatoms. The van der Waals surface area contributed by atoms with Gasteiger partial charge in [-0.15, -0.1) is 0 Å². The fourth-order valence-corrected chi connectivity index (χ4v) is 20.1. The lowest BCUT2D eigenvalue weighted by Gasteiger charge is -2.11. The zero-order chi connectivity index (χ0) is 99.8. The van der Waals surface area contributed by atoms with E-state index in [-0.39, 0.29) is 0 Å². The molecular formula is C130H95N10O5+5. The Kier molecular flexibility index (Phi) is 24.7. The molecular weight excluding hydrogens is 1780 g/mol. The maximum Gasteiger partial charge on any atom is 0.229 e. The van der Waals surface area contributed by atoms with Crippen LogP contribution in [0, 0.1) is 77.0 Å². The molecule has 15 aromatic carbocycles. The fourth-order valence-electron chi connectivity index (χ4n) is 20.1. The maximum absolute atomic E-state index is 9.76. The van der Waals surface area contributed by atoms with Crippen LogP contribution in [0.2, 0.25) is 0 Å². The van der Waals surface area contributed by atoms with Crippen molar-refractivity contribution in [2.45, 2.75) is 34.6 Å². The average molecular weight is 1880 g/mol. The van der Waals surface area contributed by atoms with Crippen LogP contribution in [0.15, 0.2) is 417 Å². The number of benzene rings is 15. The van der Waals surface area contributed by atoms with Crippen molar-refractivity contribution in [3.8, 4) is 124 Å². The second kappa shape index (κ2) is 39.1. The van der Waals surface area contributed by atoms with Crippen molar-refractivity contribution in [2.24, 2.45) is 35.2 Å². The Morgan fingerprint density at radius 1 is 0.228 bits per heavy atom. The molecule has 0 atom stereocenters. The summed E-state index contributed by atoms with van der Waals surface area (Å²) in [5, 5.41) is 29.2. The number of fused-ring (bicyclic) bond motifs is 15. The number of nitriles is 2. The van der Waals surface area contributed by atoms with Crippen molar-refractivity contribution in [1.82, 2.24) is 0 Å². The Labute approximate surface area is 838 Å². The van der Waals surface area contributed by atoms with Crippen LogP contribution in [0.5, 0.6) is 0 Å². The lowest BCUT2D eigenvalue weighted by molar-refractivity contribution is -0.660. The normalized spacial score (nSPS) is 11.1. The summed E-state index contributed by atoms with van der Waals surface area (Å²) in [7, 11) is 10.3. The zero-order valence-corrected chi connectivity index (χ0v) is 81.5. The van der Waals surface area contributed by atoms with Crippen LogP contribution in [0.4, 0.5) is 17.1 Å². The summed E-state index contributed by atoms with van der Waals surface area (Å²) in [5.41, 5.74) is 39.0. The number of hydrogen-bond donors (Lipinski definition) is 0. The number of furan rings is 5. The Balaban J connectivity index is 0.000000107. The largest absolute Gasteiger partial charge is 0.466 e. The van der Waals surface area contributed by atoms with E-state index in [0.717, 1.165) is 210 Å². The average Bonchev–Trinajstić information content (AvgIpc) is 1.56. The van der Waals surface area contributed by atoms with E-state index < -0.39 is 0 Å². The van der Waals surface area contributed by atoms with Crippen molar-refractivity contribution < 1.29 is 44.9 Å². The van der Waals surface area contributed by atoms with E-state index >= 15 is 0 Å². The Hall–Kier alpha value is -19.5. The van der Waals surface area contributed by atoms with Gasteiger partial charge in [0.25, 0.3) is 0 Å². The second-order valence-corrected chi connectivity index (χ2v) is 36.5. The van der Waals surface area contributed by atoms with Gasteiger partial charge in [0.15, 0.2) is 42.4 Å². The van der Waals surface area contributed by atoms with E-state index in [1.165, 1.54) is 33.4 Å². The summed E-state index contributed by atoms with van der Waals surface area (Å²) in [5.74, 6) is 0. The number of aryl methyl sites for hydroxylation is 10. The third-order valence-electron chi connectivity index (χ3n) is 27.4. The van der Waals surface area contributed by atoms with Crippen LogP contribution in [-0.4, -0.2) is 0 Å². The number of aromatic nitrogens is 5. The Morgan fingerprint density at radius 2 is 0.586 bits per heavy atom. The van der Waals surface area contributed by atoms with Gasteiger partial charge >= 0.3 is 0 Å². The predicted molar refractivity (Wildman–Crippen MR) is 581 cm³/mol. The first-order chi connectivity index (χ1) is 70.8. The molecule has 25 aromatic rings. The molecule has 0 saturated carbocycles. The van der Waals surface area contributed by atoms with Gasteiger partial charge in [0, 0.05) is 115 Å². The van der Waals surface area contributed by atoms with Crippen LogP contribution >= 0.6 is 0 Å². The number of hydrogen-bond acceptors (Lipinski definition) is 7. The minimum atomic E-state index is 0.546. The molecule has 0 fully saturated rings. The van der Waals surface area contributed by atoms with Gasteiger partial charge in [-0.25, -0.2) is 37.4 Å². The van der Waals surface area contributed by atoms with Crippen LogP contribution in [-0.2, 0) is 35.2 Å². The highest BCUT2D eigenvalue weighted by Gasteiger charge is 2.31. The van der Waals surface area contributed by atoms with E-state index in [4.69, 9.17) is 41.8 Å². The van der Waals surface area contributed by atoms with Crippen molar-refractivity contribution in [3.05, 3.63) is 468 Å². The number of nitrogens with zero attached hydrogens (tertiary/aromatic N) is 10. The molecule has 10 heterocycles. The quantitative estimate of drug-likeness (QED) is 0.0979. The third-order valence-corrected chi connectivity index (χ3v) is 27.4. The van der Waals surface area contributed by atoms with Gasteiger partial charge in [-0.1, -0.05) is 249 Å². The van der Waals surface area contributed by atoms with E-state index in [2.05, 4.69) is 348 Å². The molecule has 0 unspecified atom stereocenters. The highest BCUT2D eigenvalue weighted by Crippen LogP contribution is 2.48. The number of para-hydroxylation sites is 1. The lowest BCUT2D eigenvalue weighted by Crippen LogP contribution is -2.30. The Morgan fingerprint density at radius 3 is 1.05 bits per heavy atom. The molecule has 10 aromatic heterocycles. The van der Waals surface area contributed by atoms with E-state index in [9.17, 15) is 10.5 Å². The molecule has 0 aliphatic heterocycles. The smallest absolute Gasteiger partial charge is 0.229 e. The highest BCUT2D eigenvalue weighted by molar-refractivity contribution is 6.20. The molecule has 0 bridgehead atoms. The van der Waals surface area contributed by atoms with Gasteiger partial charge in [0.05, 0.1) is 70.8 Å². The standard InChI is InChI=1S/5C26H19N2O/c1-17-12-13-21-20-10-7-11-22(27-2)25(20)29-26(21)24(17)23-16-19(14-15-28(23)3)18-8-5-4-6-9-18;1-17-9-11-22-21-12-10-20(27-2)16-24(21)29-26(22)25(17)23-15-19(13-14-28(23)3)18-7-5-4-6-8-18;1-17-9-11-21-22-16-20(27-2)10-12-24(22)29-26(21)25(17)23-15-19(13-14-28(23)3)18-7-5-4-6-8-18;1-17-15-20(18-9-4-3-5-10-18)25-24-19(16-27)11-8-13-22(24)29-26(25)23(17)21-12-6-7-14-28(21)2;1-17-11-12-21-25-20(16-27)9-6-10-23(25)29-26(21)24(17)22-15-19(13-14-28(22)2)18-7-4-3-5-8-18/h3*4-16H,1,3H3;2*3-15H,1-2H3/q5*+1. The second-order valence-electron chi connectivity index (χ2n) is 36.5. The molecule has 0 N–H and O–H groups in total.